The third kappa shape index (κ3) is 3.39. The van der Waals surface area contributed by atoms with Crippen LogP contribution in [-0.4, -0.2) is 15.3 Å². The predicted molar refractivity (Wildman–Crippen MR) is 67.0 cm³/mol. The number of hydrogen-bond acceptors (Lipinski definition) is 5. The smallest absolute Gasteiger partial charge is 0.255 e. The van der Waals surface area contributed by atoms with Crippen LogP contribution in [0.2, 0.25) is 0 Å². The molecule has 0 spiro atoms. The van der Waals surface area contributed by atoms with Gasteiger partial charge in [-0.05, 0) is 12.5 Å². The molecule has 6 heteroatoms. The van der Waals surface area contributed by atoms with Crippen LogP contribution in [-0.2, 0) is 6.54 Å². The summed E-state index contributed by atoms with van der Waals surface area (Å²) in [4.78, 5) is 15.5. The number of oxazole rings is 1. The molecule has 0 amide bonds. The van der Waals surface area contributed by atoms with Crippen LogP contribution in [0, 0.1) is 0 Å². The number of aromatic nitrogens is 2. The highest BCUT2D eigenvalue weighted by Crippen LogP contribution is 2.15. The maximum Gasteiger partial charge on any atom is 0.255 e. The van der Waals surface area contributed by atoms with Gasteiger partial charge in [0, 0.05) is 30.2 Å². The van der Waals surface area contributed by atoms with Crippen molar-refractivity contribution in [2.45, 2.75) is 18.2 Å². The normalized spacial score (nSPS) is 10.6. The third-order valence-electron chi connectivity index (χ3n) is 2.18. The summed E-state index contributed by atoms with van der Waals surface area (Å²) >= 11 is 1.53. The van der Waals surface area contributed by atoms with Crippen molar-refractivity contribution in [2.24, 2.45) is 0 Å². The number of pyridine rings is 1. The second kappa shape index (κ2) is 5.58. The highest BCUT2D eigenvalue weighted by atomic mass is 32.2. The summed E-state index contributed by atoms with van der Waals surface area (Å²) in [5, 5.41) is 0.657. The highest BCUT2D eigenvalue weighted by Gasteiger charge is 2.00. The van der Waals surface area contributed by atoms with Crippen LogP contribution >= 0.6 is 11.8 Å². The van der Waals surface area contributed by atoms with Crippen molar-refractivity contribution < 1.29 is 4.42 Å². The van der Waals surface area contributed by atoms with Crippen molar-refractivity contribution in [3.8, 4) is 0 Å². The van der Waals surface area contributed by atoms with Gasteiger partial charge in [0.2, 0.25) is 0 Å². The Kier molecular flexibility index (Phi) is 3.87. The molecule has 0 aliphatic rings. The second-order valence-electron chi connectivity index (χ2n) is 3.49. The number of anilines is 1. The molecule has 90 valence electrons. The van der Waals surface area contributed by atoms with Crippen molar-refractivity contribution in [2.75, 3.05) is 11.5 Å². The van der Waals surface area contributed by atoms with Crippen LogP contribution in [0.25, 0.3) is 0 Å². The number of rotatable bonds is 5. The molecule has 2 N–H and O–H groups in total. The van der Waals surface area contributed by atoms with Crippen molar-refractivity contribution in [3.05, 3.63) is 41.1 Å². The van der Waals surface area contributed by atoms with E-state index in [1.807, 2.05) is 0 Å². The minimum Gasteiger partial charge on any atom is -0.440 e. The predicted octanol–water partition coefficient (Wildman–Crippen LogP) is 1.60. The average molecular weight is 251 g/mol. The van der Waals surface area contributed by atoms with Crippen LogP contribution in [0.5, 0.6) is 0 Å². The minimum atomic E-state index is -0.0275. The van der Waals surface area contributed by atoms with Gasteiger partial charge in [-0.3, -0.25) is 4.79 Å². The maximum atomic E-state index is 11.5. The number of nitrogens with two attached hydrogens (primary N) is 1. The number of aryl methyl sites for hydroxylation is 1. The highest BCUT2D eigenvalue weighted by molar-refractivity contribution is 7.99. The molecule has 0 fully saturated rings. The van der Waals surface area contributed by atoms with Gasteiger partial charge in [0.1, 0.15) is 6.26 Å². The van der Waals surface area contributed by atoms with E-state index in [1.54, 1.807) is 29.3 Å². The number of thioether (sulfide) groups is 1. The molecule has 2 heterocycles. The SMILES string of the molecule is Nc1ccc(=O)n(CCCSc2ncco2)c1. The van der Waals surface area contributed by atoms with E-state index >= 15 is 0 Å². The Morgan fingerprint density at radius 1 is 1.47 bits per heavy atom. The van der Waals surface area contributed by atoms with Crippen LogP contribution in [0.15, 0.2) is 45.2 Å². The number of hydrogen-bond donors (Lipinski definition) is 1. The molecule has 0 unspecified atom stereocenters. The zero-order chi connectivity index (χ0) is 12.1. The van der Waals surface area contributed by atoms with Crippen LogP contribution < -0.4 is 11.3 Å². The Morgan fingerprint density at radius 3 is 3.12 bits per heavy atom. The lowest BCUT2D eigenvalue weighted by Crippen LogP contribution is -2.19. The molecule has 2 rings (SSSR count). The van der Waals surface area contributed by atoms with Crippen LogP contribution in [0.4, 0.5) is 5.69 Å². The first kappa shape index (κ1) is 11.8. The second-order valence-corrected chi connectivity index (χ2v) is 4.54. The molecule has 0 aliphatic carbocycles. The molecule has 2 aromatic rings. The Balaban J connectivity index is 1.82. The van der Waals surface area contributed by atoms with Crippen LogP contribution in [0.1, 0.15) is 6.42 Å². The Morgan fingerprint density at radius 2 is 2.35 bits per heavy atom. The summed E-state index contributed by atoms with van der Waals surface area (Å²) < 4.78 is 6.71. The lowest BCUT2D eigenvalue weighted by atomic mass is 10.4. The zero-order valence-corrected chi connectivity index (χ0v) is 10.0. The molecule has 0 bridgehead atoms. The van der Waals surface area contributed by atoms with Gasteiger partial charge in [0.15, 0.2) is 0 Å². The van der Waals surface area contributed by atoms with Gasteiger partial charge >= 0.3 is 0 Å². The fraction of sp³-hybridized carbons (Fsp3) is 0.273. The molecular weight excluding hydrogens is 238 g/mol. The topological polar surface area (TPSA) is 74.1 Å². The fourth-order valence-electron chi connectivity index (χ4n) is 1.40. The van der Waals surface area contributed by atoms with Crippen LogP contribution in [0.3, 0.4) is 0 Å². The number of nitrogen functional groups attached to an aromatic ring is 1. The fourth-order valence-corrected chi connectivity index (χ4v) is 2.11. The monoisotopic (exact) mass is 251 g/mol. The van der Waals surface area contributed by atoms with Crippen molar-refractivity contribution in [1.82, 2.24) is 9.55 Å². The summed E-state index contributed by atoms with van der Waals surface area (Å²) in [5.41, 5.74) is 6.19. The first-order valence-corrected chi connectivity index (χ1v) is 6.22. The van der Waals surface area contributed by atoms with Gasteiger partial charge in [0.05, 0.1) is 6.20 Å². The maximum absolute atomic E-state index is 11.5. The number of nitrogens with zero attached hydrogens (tertiary/aromatic N) is 2. The van der Waals surface area contributed by atoms with E-state index in [0.29, 0.717) is 17.5 Å². The average Bonchev–Trinajstić information content (AvgIpc) is 2.82. The van der Waals surface area contributed by atoms with E-state index in [4.69, 9.17) is 10.2 Å². The molecule has 0 aliphatic heterocycles. The third-order valence-corrected chi connectivity index (χ3v) is 3.13. The molecule has 0 saturated heterocycles. The van der Waals surface area contributed by atoms with Crippen molar-refractivity contribution >= 4 is 17.4 Å². The van der Waals surface area contributed by atoms with E-state index in [9.17, 15) is 4.79 Å². The van der Waals surface area contributed by atoms with Gasteiger partial charge in [-0.2, -0.15) is 0 Å². The van der Waals surface area contributed by atoms with E-state index in [-0.39, 0.29) is 5.56 Å². The molecule has 5 nitrogen and oxygen atoms in total. The van der Waals surface area contributed by atoms with E-state index in [2.05, 4.69) is 4.98 Å². The molecule has 0 saturated carbocycles. The van der Waals surface area contributed by atoms with E-state index in [0.717, 1.165) is 12.2 Å². The summed E-state index contributed by atoms with van der Waals surface area (Å²) in [6.07, 6.45) is 5.68. The molecule has 0 atom stereocenters. The first-order chi connectivity index (χ1) is 8.25. The van der Waals surface area contributed by atoms with E-state index < -0.39 is 0 Å². The zero-order valence-electron chi connectivity index (χ0n) is 9.20. The van der Waals surface area contributed by atoms with Gasteiger partial charge < -0.3 is 14.7 Å². The minimum absolute atomic E-state index is 0.0275. The largest absolute Gasteiger partial charge is 0.440 e. The van der Waals surface area contributed by atoms with Gasteiger partial charge in [0.25, 0.3) is 10.8 Å². The van der Waals surface area contributed by atoms with Gasteiger partial charge in [-0.25, -0.2) is 4.98 Å². The lowest BCUT2D eigenvalue weighted by Gasteiger charge is -2.05. The standard InChI is InChI=1S/C11H13N3O2S/c12-9-2-3-10(15)14(8-9)5-1-7-17-11-13-4-6-16-11/h2-4,6,8H,1,5,7,12H2. The van der Waals surface area contributed by atoms with Gasteiger partial charge in [-0.1, -0.05) is 11.8 Å². The Bertz CT molecular complexity index is 522. The summed E-state index contributed by atoms with van der Waals surface area (Å²) in [7, 11) is 0. The quantitative estimate of drug-likeness (QED) is 0.645. The summed E-state index contributed by atoms with van der Waals surface area (Å²) in [6, 6.07) is 3.09. The molecule has 0 aromatic carbocycles. The molecule has 0 radical (unpaired) electrons. The molecule has 17 heavy (non-hydrogen) atoms. The first-order valence-electron chi connectivity index (χ1n) is 5.24. The Labute approximate surface area is 103 Å². The van der Waals surface area contributed by atoms with E-state index in [1.165, 1.54) is 17.8 Å². The summed E-state index contributed by atoms with van der Waals surface area (Å²) in [6.45, 7) is 0.650. The van der Waals surface area contributed by atoms with Crippen molar-refractivity contribution in [3.63, 3.8) is 0 Å². The molecular formula is C11H13N3O2S. The Hall–Kier alpha value is -1.69. The van der Waals surface area contributed by atoms with Crippen molar-refractivity contribution in [1.29, 1.82) is 0 Å². The summed E-state index contributed by atoms with van der Waals surface area (Å²) in [5.74, 6) is 0.849. The van der Waals surface area contributed by atoms with Gasteiger partial charge in [-0.15, -0.1) is 0 Å². The lowest BCUT2D eigenvalue weighted by molar-refractivity contribution is 0.454. The molecule has 2 aromatic heterocycles.